The summed E-state index contributed by atoms with van der Waals surface area (Å²) >= 11 is 0. The smallest absolute Gasteiger partial charge is 0.231 e. The molecule has 4 heteroatoms. The van der Waals surface area contributed by atoms with E-state index in [1.54, 1.807) is 7.11 Å². The number of hydrogen-bond acceptors (Lipinski definition) is 4. The fraction of sp³-hybridized carbons (Fsp3) is 0.647. The second-order valence-electron chi connectivity index (χ2n) is 6.10. The molecular weight excluding hydrogens is 266 g/mol. The first-order chi connectivity index (χ1) is 10.3. The minimum atomic E-state index is 0.279. The van der Waals surface area contributed by atoms with E-state index in [0.717, 1.165) is 29.7 Å². The lowest BCUT2D eigenvalue weighted by molar-refractivity contribution is 0.171. The fourth-order valence-electron chi connectivity index (χ4n) is 3.37. The summed E-state index contributed by atoms with van der Waals surface area (Å²) in [6.45, 7) is 3.42. The number of methoxy groups -OCH3 is 1. The molecular formula is C17H25NO3. The predicted molar refractivity (Wildman–Crippen MR) is 82.0 cm³/mol. The van der Waals surface area contributed by atoms with Crippen molar-refractivity contribution >= 4 is 0 Å². The zero-order chi connectivity index (χ0) is 14.7. The normalized spacial score (nSPS) is 19.5. The summed E-state index contributed by atoms with van der Waals surface area (Å²) in [5.41, 5.74) is 1.18. The van der Waals surface area contributed by atoms with Crippen molar-refractivity contribution in [3.63, 3.8) is 0 Å². The molecule has 0 saturated heterocycles. The minimum absolute atomic E-state index is 0.279. The number of nitrogens with one attached hydrogen (secondary N) is 1. The van der Waals surface area contributed by atoms with Gasteiger partial charge in [-0.2, -0.15) is 0 Å². The van der Waals surface area contributed by atoms with E-state index in [4.69, 9.17) is 14.2 Å². The SMILES string of the molecule is COc1cc(CNC(C)C2CCCCC2)cc2c1OCO2. The molecule has 0 aromatic heterocycles. The highest BCUT2D eigenvalue weighted by atomic mass is 16.7. The first-order valence-electron chi connectivity index (χ1n) is 7.98. The van der Waals surface area contributed by atoms with Crippen LogP contribution in [-0.4, -0.2) is 19.9 Å². The van der Waals surface area contributed by atoms with Gasteiger partial charge in [0.2, 0.25) is 12.5 Å². The third-order valence-corrected chi connectivity index (χ3v) is 4.70. The Morgan fingerprint density at radius 1 is 1.24 bits per heavy atom. The van der Waals surface area contributed by atoms with Gasteiger partial charge in [-0.3, -0.25) is 0 Å². The van der Waals surface area contributed by atoms with Crippen molar-refractivity contribution in [3.8, 4) is 17.2 Å². The van der Waals surface area contributed by atoms with E-state index in [2.05, 4.69) is 12.2 Å². The molecule has 21 heavy (non-hydrogen) atoms. The molecule has 1 aliphatic carbocycles. The Bertz CT molecular complexity index is 483. The van der Waals surface area contributed by atoms with Gasteiger partial charge in [0.1, 0.15) is 0 Å². The van der Waals surface area contributed by atoms with Gasteiger partial charge in [-0.05, 0) is 43.4 Å². The first kappa shape index (κ1) is 14.5. The summed E-state index contributed by atoms with van der Waals surface area (Å²) in [7, 11) is 1.67. The maximum Gasteiger partial charge on any atom is 0.231 e. The average molecular weight is 291 g/mol. The Kier molecular flexibility index (Phi) is 4.54. The van der Waals surface area contributed by atoms with Crippen molar-refractivity contribution in [2.24, 2.45) is 5.92 Å². The van der Waals surface area contributed by atoms with Crippen LogP contribution >= 0.6 is 0 Å². The van der Waals surface area contributed by atoms with Gasteiger partial charge in [-0.15, -0.1) is 0 Å². The van der Waals surface area contributed by atoms with Crippen LogP contribution in [0.2, 0.25) is 0 Å². The van der Waals surface area contributed by atoms with Crippen LogP contribution < -0.4 is 19.5 Å². The topological polar surface area (TPSA) is 39.7 Å². The summed E-state index contributed by atoms with van der Waals surface area (Å²) in [5, 5.41) is 3.66. The van der Waals surface area contributed by atoms with Gasteiger partial charge in [0.15, 0.2) is 11.5 Å². The molecule has 1 aliphatic heterocycles. The molecule has 1 unspecified atom stereocenters. The van der Waals surface area contributed by atoms with Crippen LogP contribution in [0.1, 0.15) is 44.6 Å². The highest BCUT2D eigenvalue weighted by Gasteiger charge is 2.22. The summed E-state index contributed by atoms with van der Waals surface area (Å²) < 4.78 is 16.3. The van der Waals surface area contributed by atoms with Crippen LogP contribution in [0.25, 0.3) is 0 Å². The number of hydrogen-bond donors (Lipinski definition) is 1. The lowest BCUT2D eigenvalue weighted by Gasteiger charge is -2.28. The number of fused-ring (bicyclic) bond motifs is 1. The molecule has 116 valence electrons. The maximum atomic E-state index is 5.47. The van der Waals surface area contributed by atoms with Crippen molar-refractivity contribution in [2.45, 2.75) is 51.6 Å². The highest BCUT2D eigenvalue weighted by Crippen LogP contribution is 2.41. The van der Waals surface area contributed by atoms with Crippen LogP contribution in [0.3, 0.4) is 0 Å². The van der Waals surface area contributed by atoms with Crippen LogP contribution in [0, 0.1) is 5.92 Å². The lowest BCUT2D eigenvalue weighted by Crippen LogP contribution is -2.34. The average Bonchev–Trinajstić information content (AvgIpc) is 3.01. The van der Waals surface area contributed by atoms with Gasteiger partial charge in [-0.1, -0.05) is 19.3 Å². The van der Waals surface area contributed by atoms with E-state index in [0.29, 0.717) is 6.04 Å². The molecule has 1 fully saturated rings. The number of ether oxygens (including phenoxy) is 3. The van der Waals surface area contributed by atoms with Gasteiger partial charge < -0.3 is 19.5 Å². The molecule has 2 aliphatic rings. The van der Waals surface area contributed by atoms with Crippen LogP contribution in [0.4, 0.5) is 0 Å². The molecule has 1 atom stereocenters. The predicted octanol–water partition coefficient (Wildman–Crippen LogP) is 3.48. The van der Waals surface area contributed by atoms with Crippen LogP contribution in [-0.2, 0) is 6.54 Å². The Hall–Kier alpha value is -1.42. The van der Waals surface area contributed by atoms with Crippen molar-refractivity contribution in [3.05, 3.63) is 17.7 Å². The molecule has 1 aromatic carbocycles. The van der Waals surface area contributed by atoms with Gasteiger partial charge >= 0.3 is 0 Å². The summed E-state index contributed by atoms with van der Waals surface area (Å²) in [6, 6.07) is 4.64. The van der Waals surface area contributed by atoms with E-state index >= 15 is 0 Å². The van der Waals surface area contributed by atoms with Crippen molar-refractivity contribution in [2.75, 3.05) is 13.9 Å². The van der Waals surface area contributed by atoms with Crippen molar-refractivity contribution in [1.29, 1.82) is 0 Å². The monoisotopic (exact) mass is 291 g/mol. The zero-order valence-corrected chi connectivity index (χ0v) is 13.0. The van der Waals surface area contributed by atoms with Crippen LogP contribution in [0.15, 0.2) is 12.1 Å². The van der Waals surface area contributed by atoms with Crippen molar-refractivity contribution in [1.82, 2.24) is 5.32 Å². The third-order valence-electron chi connectivity index (χ3n) is 4.70. The fourth-order valence-corrected chi connectivity index (χ4v) is 3.37. The lowest BCUT2D eigenvalue weighted by atomic mass is 9.84. The Morgan fingerprint density at radius 2 is 2.05 bits per heavy atom. The second kappa shape index (κ2) is 6.56. The molecule has 1 N–H and O–H groups in total. The summed E-state index contributed by atoms with van der Waals surface area (Å²) in [6.07, 6.45) is 6.89. The molecule has 3 rings (SSSR count). The van der Waals surface area contributed by atoms with Gasteiger partial charge in [0.05, 0.1) is 7.11 Å². The molecule has 0 spiro atoms. The zero-order valence-electron chi connectivity index (χ0n) is 13.0. The minimum Gasteiger partial charge on any atom is -0.493 e. The molecule has 4 nitrogen and oxygen atoms in total. The summed E-state index contributed by atoms with van der Waals surface area (Å²) in [5.74, 6) is 3.08. The second-order valence-corrected chi connectivity index (χ2v) is 6.10. The quantitative estimate of drug-likeness (QED) is 0.901. The Labute approximate surface area is 126 Å². The van der Waals surface area contributed by atoms with Gasteiger partial charge in [0.25, 0.3) is 0 Å². The van der Waals surface area contributed by atoms with E-state index in [-0.39, 0.29) is 6.79 Å². The molecule has 1 aromatic rings. The number of rotatable bonds is 5. The number of benzene rings is 1. The van der Waals surface area contributed by atoms with Crippen LogP contribution in [0.5, 0.6) is 17.2 Å². The van der Waals surface area contributed by atoms with Gasteiger partial charge in [0, 0.05) is 12.6 Å². The molecule has 1 saturated carbocycles. The van der Waals surface area contributed by atoms with Gasteiger partial charge in [-0.25, -0.2) is 0 Å². The molecule has 0 bridgehead atoms. The summed E-state index contributed by atoms with van der Waals surface area (Å²) in [4.78, 5) is 0. The van der Waals surface area contributed by atoms with Crippen molar-refractivity contribution < 1.29 is 14.2 Å². The van der Waals surface area contributed by atoms with E-state index in [1.165, 1.54) is 37.7 Å². The molecule has 0 amide bonds. The standard InChI is InChI=1S/C17H25NO3/c1-12(14-6-4-3-5-7-14)18-10-13-8-15(19-2)17-16(9-13)20-11-21-17/h8-9,12,14,18H,3-7,10-11H2,1-2H3. The van der Waals surface area contributed by atoms with E-state index in [9.17, 15) is 0 Å². The maximum absolute atomic E-state index is 5.47. The Morgan fingerprint density at radius 3 is 2.81 bits per heavy atom. The van der Waals surface area contributed by atoms with E-state index < -0.39 is 0 Å². The molecule has 1 heterocycles. The molecule has 0 radical (unpaired) electrons. The highest BCUT2D eigenvalue weighted by molar-refractivity contribution is 5.55. The third kappa shape index (κ3) is 3.26. The Balaban J connectivity index is 1.62. The largest absolute Gasteiger partial charge is 0.493 e. The van der Waals surface area contributed by atoms with E-state index in [1.807, 2.05) is 12.1 Å². The first-order valence-corrected chi connectivity index (χ1v) is 7.98.